The lowest BCUT2D eigenvalue weighted by molar-refractivity contribution is 0.0724. The summed E-state index contributed by atoms with van der Waals surface area (Å²) in [6.45, 7) is 4.27. The number of hydrogen-bond acceptors (Lipinski definition) is 4. The Bertz CT molecular complexity index is 953. The summed E-state index contributed by atoms with van der Waals surface area (Å²) in [6.07, 6.45) is 4.48. The number of aliphatic imine (C=N–C) groups is 1. The van der Waals surface area contributed by atoms with Gasteiger partial charge in [-0.25, -0.2) is 0 Å². The van der Waals surface area contributed by atoms with Crippen LogP contribution < -0.4 is 20.3 Å². The first-order chi connectivity index (χ1) is 16.2. The fourth-order valence-corrected chi connectivity index (χ4v) is 4.61. The lowest BCUT2D eigenvalue weighted by Gasteiger charge is -2.26. The summed E-state index contributed by atoms with van der Waals surface area (Å²) in [5, 5.41) is 6.94. The molecule has 0 aromatic heterocycles. The fraction of sp³-hybridized carbons (Fsp3) is 0.462. The highest BCUT2D eigenvalue weighted by Crippen LogP contribution is 2.30. The number of nitrogens with one attached hydrogen (secondary N) is 2. The highest BCUT2D eigenvalue weighted by atomic mass is 16.5. The van der Waals surface area contributed by atoms with Crippen LogP contribution in [0, 0.1) is 0 Å². The molecule has 2 fully saturated rings. The molecule has 0 spiro atoms. The van der Waals surface area contributed by atoms with Crippen LogP contribution in [0.3, 0.4) is 0 Å². The van der Waals surface area contributed by atoms with Crippen molar-refractivity contribution in [1.29, 1.82) is 0 Å². The topological polar surface area (TPSA) is 69.2 Å². The Morgan fingerprint density at radius 1 is 1.06 bits per heavy atom. The minimum atomic E-state index is 0.146. The largest absolute Gasteiger partial charge is 0.495 e. The maximum Gasteiger partial charge on any atom is 0.253 e. The zero-order valence-corrected chi connectivity index (χ0v) is 19.7. The number of likely N-dealkylation sites (tertiary alicyclic amines) is 1. The normalized spacial score (nSPS) is 18.8. The summed E-state index contributed by atoms with van der Waals surface area (Å²) in [5.74, 6) is 1.84. The molecule has 4 rings (SSSR count). The molecule has 0 saturated carbocycles. The van der Waals surface area contributed by atoms with Gasteiger partial charge in [0.2, 0.25) is 0 Å². The van der Waals surface area contributed by atoms with Gasteiger partial charge in [0.05, 0.1) is 12.8 Å². The number of piperidine rings is 1. The predicted molar refractivity (Wildman–Crippen MR) is 133 cm³/mol. The van der Waals surface area contributed by atoms with Crippen molar-refractivity contribution < 1.29 is 9.53 Å². The van der Waals surface area contributed by atoms with Crippen molar-refractivity contribution in [2.45, 2.75) is 38.3 Å². The molecule has 2 heterocycles. The number of guanidine groups is 1. The fourth-order valence-electron chi connectivity index (χ4n) is 4.61. The van der Waals surface area contributed by atoms with Gasteiger partial charge in [-0.15, -0.1) is 0 Å². The van der Waals surface area contributed by atoms with E-state index >= 15 is 0 Å². The summed E-state index contributed by atoms with van der Waals surface area (Å²) >= 11 is 0. The van der Waals surface area contributed by atoms with Crippen LogP contribution in [0.15, 0.2) is 53.5 Å². The van der Waals surface area contributed by atoms with Gasteiger partial charge in [0.1, 0.15) is 5.75 Å². The molecule has 1 unspecified atom stereocenters. The zero-order valence-electron chi connectivity index (χ0n) is 19.7. The molecule has 2 aliphatic rings. The van der Waals surface area contributed by atoms with Gasteiger partial charge in [0, 0.05) is 51.4 Å². The Morgan fingerprint density at radius 3 is 2.55 bits per heavy atom. The number of benzene rings is 2. The summed E-state index contributed by atoms with van der Waals surface area (Å²) < 4.78 is 5.52. The van der Waals surface area contributed by atoms with Gasteiger partial charge >= 0.3 is 0 Å². The quantitative estimate of drug-likeness (QED) is 0.523. The van der Waals surface area contributed by atoms with Crippen LogP contribution in [0.4, 0.5) is 5.69 Å². The molecular formula is C26H35N5O2. The number of para-hydroxylation sites is 2. The minimum Gasteiger partial charge on any atom is -0.495 e. The van der Waals surface area contributed by atoms with Crippen LogP contribution in [-0.2, 0) is 6.54 Å². The second-order valence-corrected chi connectivity index (χ2v) is 8.72. The standard InChI is InChI=1S/C26H35N5O2/c1-27-26(29-22-14-17-31(19-22)23-8-4-5-9-24(23)33-2)28-18-20-10-12-21(13-11-20)25(32)30-15-6-3-7-16-30/h4-5,8-13,22H,3,6-7,14-19H2,1-2H3,(H2,27,28,29). The monoisotopic (exact) mass is 449 g/mol. The van der Waals surface area contributed by atoms with Crippen LogP contribution in [-0.4, -0.2) is 63.1 Å². The van der Waals surface area contributed by atoms with Crippen molar-refractivity contribution in [3.8, 4) is 5.75 Å². The van der Waals surface area contributed by atoms with Gasteiger partial charge < -0.3 is 25.2 Å². The third-order valence-corrected chi connectivity index (χ3v) is 6.48. The molecule has 176 valence electrons. The van der Waals surface area contributed by atoms with Gasteiger partial charge in [-0.3, -0.25) is 9.79 Å². The molecule has 2 saturated heterocycles. The average Bonchev–Trinajstić information content (AvgIpc) is 3.35. The van der Waals surface area contributed by atoms with E-state index in [0.717, 1.165) is 74.0 Å². The number of rotatable bonds is 6. The molecule has 2 N–H and O–H groups in total. The molecule has 33 heavy (non-hydrogen) atoms. The lowest BCUT2D eigenvalue weighted by atomic mass is 10.1. The lowest BCUT2D eigenvalue weighted by Crippen LogP contribution is -2.44. The van der Waals surface area contributed by atoms with Gasteiger partial charge in [0.25, 0.3) is 5.91 Å². The Kier molecular flexibility index (Phi) is 7.70. The van der Waals surface area contributed by atoms with Crippen LogP contribution in [0.1, 0.15) is 41.6 Å². The van der Waals surface area contributed by atoms with Crippen LogP contribution in [0.25, 0.3) is 0 Å². The smallest absolute Gasteiger partial charge is 0.253 e. The zero-order chi connectivity index (χ0) is 23.0. The molecule has 1 amide bonds. The number of nitrogens with zero attached hydrogens (tertiary/aromatic N) is 3. The number of carbonyl (C=O) groups is 1. The van der Waals surface area contributed by atoms with Gasteiger partial charge in [0.15, 0.2) is 5.96 Å². The summed E-state index contributed by atoms with van der Waals surface area (Å²) in [7, 11) is 3.51. The first-order valence-electron chi connectivity index (χ1n) is 11.9. The van der Waals surface area contributed by atoms with Crippen molar-refractivity contribution in [3.05, 3.63) is 59.7 Å². The van der Waals surface area contributed by atoms with Crippen molar-refractivity contribution in [2.75, 3.05) is 45.2 Å². The highest BCUT2D eigenvalue weighted by molar-refractivity contribution is 5.94. The second kappa shape index (κ2) is 11.1. The van der Waals surface area contributed by atoms with Crippen molar-refractivity contribution in [1.82, 2.24) is 15.5 Å². The molecule has 1 atom stereocenters. The minimum absolute atomic E-state index is 0.146. The molecule has 2 aromatic rings. The maximum atomic E-state index is 12.7. The number of amides is 1. The van der Waals surface area contributed by atoms with Gasteiger partial charge in [-0.2, -0.15) is 0 Å². The molecule has 0 radical (unpaired) electrons. The SMILES string of the molecule is CN=C(NCc1ccc(C(=O)N2CCCCC2)cc1)NC1CCN(c2ccccc2OC)C1. The highest BCUT2D eigenvalue weighted by Gasteiger charge is 2.25. The van der Waals surface area contributed by atoms with Crippen LogP contribution in [0.5, 0.6) is 5.75 Å². The number of anilines is 1. The predicted octanol–water partition coefficient (Wildman–Crippen LogP) is 3.27. The maximum absolute atomic E-state index is 12.7. The number of carbonyl (C=O) groups excluding carboxylic acids is 1. The number of methoxy groups -OCH3 is 1. The molecule has 0 bridgehead atoms. The van der Waals surface area contributed by atoms with E-state index in [1.54, 1.807) is 14.2 Å². The Balaban J connectivity index is 1.27. The summed E-state index contributed by atoms with van der Waals surface area (Å²) in [6, 6.07) is 16.4. The number of hydrogen-bond donors (Lipinski definition) is 2. The number of ether oxygens (including phenoxy) is 1. The van der Waals surface area contributed by atoms with E-state index in [2.05, 4.69) is 26.6 Å². The van der Waals surface area contributed by atoms with Gasteiger partial charge in [-0.1, -0.05) is 24.3 Å². The van der Waals surface area contributed by atoms with E-state index in [-0.39, 0.29) is 5.91 Å². The molecular weight excluding hydrogens is 414 g/mol. The molecule has 0 aliphatic carbocycles. The second-order valence-electron chi connectivity index (χ2n) is 8.72. The summed E-state index contributed by atoms with van der Waals surface area (Å²) in [4.78, 5) is 21.4. The van der Waals surface area contributed by atoms with E-state index in [1.165, 1.54) is 6.42 Å². The molecule has 7 nitrogen and oxygen atoms in total. The molecule has 2 aliphatic heterocycles. The van der Waals surface area contributed by atoms with Crippen molar-refractivity contribution in [3.63, 3.8) is 0 Å². The third kappa shape index (κ3) is 5.78. The van der Waals surface area contributed by atoms with Crippen LogP contribution >= 0.6 is 0 Å². The van der Waals surface area contributed by atoms with Crippen LogP contribution in [0.2, 0.25) is 0 Å². The first kappa shape index (κ1) is 23.0. The van der Waals surface area contributed by atoms with E-state index < -0.39 is 0 Å². The molecule has 2 aromatic carbocycles. The van der Waals surface area contributed by atoms with E-state index in [0.29, 0.717) is 12.6 Å². The van der Waals surface area contributed by atoms with Crippen molar-refractivity contribution in [2.24, 2.45) is 4.99 Å². The third-order valence-electron chi connectivity index (χ3n) is 6.48. The van der Waals surface area contributed by atoms with Gasteiger partial charge in [-0.05, 0) is 55.5 Å². The van der Waals surface area contributed by atoms with E-state index in [4.69, 9.17) is 4.74 Å². The van der Waals surface area contributed by atoms with Crippen molar-refractivity contribution >= 4 is 17.6 Å². The van der Waals surface area contributed by atoms with E-state index in [9.17, 15) is 4.79 Å². The Hall–Kier alpha value is -3.22. The first-order valence-corrected chi connectivity index (χ1v) is 11.9. The average molecular weight is 450 g/mol. The molecule has 7 heteroatoms. The Morgan fingerprint density at radius 2 is 1.82 bits per heavy atom. The summed E-state index contributed by atoms with van der Waals surface area (Å²) in [5.41, 5.74) is 3.02. The Labute approximate surface area is 196 Å². The van der Waals surface area contributed by atoms with E-state index in [1.807, 2.05) is 47.4 Å².